The Kier molecular flexibility index (Phi) is 2.20. The molecule has 0 spiro atoms. The van der Waals surface area contributed by atoms with E-state index < -0.39 is 5.63 Å². The molecule has 0 amide bonds. The summed E-state index contributed by atoms with van der Waals surface area (Å²) in [6.45, 7) is 0. The Balaban J connectivity index is 3.38. The van der Waals surface area contributed by atoms with Crippen LogP contribution in [-0.2, 0) is 0 Å². The molecular weight excluding hydrogens is 166 g/mol. The van der Waals surface area contributed by atoms with Crippen molar-refractivity contribution in [1.82, 2.24) is 0 Å². The van der Waals surface area contributed by atoms with E-state index in [1.165, 1.54) is 6.07 Å². The standard InChI is InChI=1S/C5H3N3O2S/c6-8-7-3-1-2-10-5(9)4(3)11/h1-2,11H. The normalized spacial score (nSPS) is 8.82. The lowest BCUT2D eigenvalue weighted by Gasteiger charge is -1.91. The van der Waals surface area contributed by atoms with E-state index in [1.54, 1.807) is 0 Å². The molecule has 0 atom stereocenters. The van der Waals surface area contributed by atoms with E-state index in [9.17, 15) is 4.79 Å². The molecule has 0 N–H and O–H groups in total. The van der Waals surface area contributed by atoms with E-state index in [2.05, 4.69) is 27.1 Å². The van der Waals surface area contributed by atoms with Gasteiger partial charge in [-0.25, -0.2) is 4.79 Å². The van der Waals surface area contributed by atoms with Gasteiger partial charge in [-0.15, -0.1) is 12.6 Å². The molecule has 0 aliphatic carbocycles. The zero-order valence-electron chi connectivity index (χ0n) is 5.26. The average molecular weight is 169 g/mol. The third-order valence-electron chi connectivity index (χ3n) is 0.989. The maximum Gasteiger partial charge on any atom is 0.349 e. The maximum absolute atomic E-state index is 10.7. The second kappa shape index (κ2) is 3.14. The molecule has 0 aliphatic heterocycles. The Morgan fingerprint density at radius 1 is 1.73 bits per heavy atom. The first-order valence-electron chi connectivity index (χ1n) is 2.61. The van der Waals surface area contributed by atoms with Gasteiger partial charge in [0.05, 0.1) is 16.8 Å². The van der Waals surface area contributed by atoms with Crippen molar-refractivity contribution in [3.63, 3.8) is 0 Å². The van der Waals surface area contributed by atoms with Gasteiger partial charge in [0.1, 0.15) is 0 Å². The zero-order chi connectivity index (χ0) is 8.27. The molecule has 1 heterocycles. The van der Waals surface area contributed by atoms with Crippen molar-refractivity contribution in [3.8, 4) is 0 Å². The van der Waals surface area contributed by atoms with Crippen molar-refractivity contribution in [3.05, 3.63) is 33.2 Å². The van der Waals surface area contributed by atoms with Crippen molar-refractivity contribution in [2.75, 3.05) is 0 Å². The predicted octanol–water partition coefficient (Wildman–Crippen LogP) is 1.87. The van der Waals surface area contributed by atoms with Crippen LogP contribution < -0.4 is 5.63 Å². The molecule has 0 radical (unpaired) electrons. The van der Waals surface area contributed by atoms with Crippen LogP contribution in [0.5, 0.6) is 0 Å². The van der Waals surface area contributed by atoms with Gasteiger partial charge in [0.2, 0.25) is 0 Å². The molecule has 0 aromatic carbocycles. The average Bonchev–Trinajstić information content (AvgIpc) is 1.99. The van der Waals surface area contributed by atoms with Crippen molar-refractivity contribution in [2.24, 2.45) is 5.11 Å². The molecule has 0 bridgehead atoms. The van der Waals surface area contributed by atoms with Crippen LogP contribution in [0.15, 0.2) is 31.6 Å². The smallest absolute Gasteiger partial charge is 0.349 e. The van der Waals surface area contributed by atoms with Gasteiger partial charge in [-0.2, -0.15) is 0 Å². The monoisotopic (exact) mass is 169 g/mol. The van der Waals surface area contributed by atoms with Crippen LogP contribution in [0.25, 0.3) is 10.4 Å². The van der Waals surface area contributed by atoms with Gasteiger partial charge < -0.3 is 4.42 Å². The highest BCUT2D eigenvalue weighted by molar-refractivity contribution is 7.80. The summed E-state index contributed by atoms with van der Waals surface area (Å²) in [4.78, 5) is 13.2. The van der Waals surface area contributed by atoms with Gasteiger partial charge >= 0.3 is 5.63 Å². The highest BCUT2D eigenvalue weighted by Gasteiger charge is 2.00. The van der Waals surface area contributed by atoms with Crippen LogP contribution in [-0.4, -0.2) is 0 Å². The fourth-order valence-corrected chi connectivity index (χ4v) is 0.700. The van der Waals surface area contributed by atoms with Gasteiger partial charge in [0.15, 0.2) is 0 Å². The van der Waals surface area contributed by atoms with Gasteiger partial charge in [-0.05, 0) is 11.6 Å². The first-order valence-corrected chi connectivity index (χ1v) is 3.06. The number of thiol groups is 1. The molecule has 1 aromatic heterocycles. The van der Waals surface area contributed by atoms with Gasteiger partial charge in [0, 0.05) is 4.91 Å². The summed E-state index contributed by atoms with van der Waals surface area (Å²) in [7, 11) is 0. The highest BCUT2D eigenvalue weighted by Crippen LogP contribution is 2.17. The van der Waals surface area contributed by atoms with E-state index in [4.69, 9.17) is 5.53 Å². The number of rotatable bonds is 1. The molecule has 0 saturated carbocycles. The minimum Gasteiger partial charge on any atom is -0.431 e. The number of nitrogens with zero attached hydrogens (tertiary/aromatic N) is 3. The lowest BCUT2D eigenvalue weighted by molar-refractivity contribution is 0.496. The second-order valence-corrected chi connectivity index (χ2v) is 2.08. The van der Waals surface area contributed by atoms with Crippen molar-refractivity contribution < 1.29 is 4.42 Å². The summed E-state index contributed by atoms with van der Waals surface area (Å²) in [5.41, 5.74) is 7.59. The third-order valence-corrected chi connectivity index (χ3v) is 1.40. The molecular formula is C5H3N3O2S. The van der Waals surface area contributed by atoms with Crippen LogP contribution in [0.4, 0.5) is 5.69 Å². The summed E-state index contributed by atoms with van der Waals surface area (Å²) >= 11 is 3.77. The fraction of sp³-hybridized carbons (Fsp3) is 0. The lowest BCUT2D eigenvalue weighted by Crippen LogP contribution is -1.97. The molecule has 56 valence electrons. The number of hydrogen-bond acceptors (Lipinski definition) is 4. The van der Waals surface area contributed by atoms with Gasteiger partial charge in [-0.1, -0.05) is 5.11 Å². The minimum absolute atomic E-state index is 0.0188. The molecule has 1 rings (SSSR count). The quantitative estimate of drug-likeness (QED) is 0.301. The molecule has 11 heavy (non-hydrogen) atoms. The molecule has 5 nitrogen and oxygen atoms in total. The fourth-order valence-electron chi connectivity index (χ4n) is 0.528. The molecule has 0 aliphatic rings. The highest BCUT2D eigenvalue weighted by atomic mass is 32.1. The van der Waals surface area contributed by atoms with Crippen molar-refractivity contribution in [2.45, 2.75) is 4.90 Å². The Hall–Kier alpha value is -1.39. The first-order chi connectivity index (χ1) is 5.25. The van der Waals surface area contributed by atoms with Crippen LogP contribution in [0.3, 0.4) is 0 Å². The Labute approximate surface area is 66.7 Å². The first kappa shape index (κ1) is 7.71. The Morgan fingerprint density at radius 2 is 2.45 bits per heavy atom. The predicted molar refractivity (Wildman–Crippen MR) is 41.0 cm³/mol. The minimum atomic E-state index is -0.613. The summed E-state index contributed by atoms with van der Waals surface area (Å²) in [5.74, 6) is 0. The van der Waals surface area contributed by atoms with Crippen LogP contribution in [0.1, 0.15) is 0 Å². The second-order valence-electron chi connectivity index (χ2n) is 1.63. The SMILES string of the molecule is [N-]=[N+]=Nc1ccoc(=O)c1S. The van der Waals surface area contributed by atoms with E-state index in [0.29, 0.717) is 0 Å². The van der Waals surface area contributed by atoms with Crippen molar-refractivity contribution in [1.29, 1.82) is 0 Å². The van der Waals surface area contributed by atoms with E-state index >= 15 is 0 Å². The lowest BCUT2D eigenvalue weighted by atomic mass is 10.4. The molecule has 0 saturated heterocycles. The third kappa shape index (κ3) is 1.54. The summed E-state index contributed by atoms with van der Waals surface area (Å²) in [5, 5.41) is 3.21. The molecule has 0 fully saturated rings. The topological polar surface area (TPSA) is 79.0 Å². The Morgan fingerprint density at radius 3 is 3.09 bits per heavy atom. The molecule has 0 unspecified atom stereocenters. The zero-order valence-corrected chi connectivity index (χ0v) is 6.15. The van der Waals surface area contributed by atoms with Crippen molar-refractivity contribution >= 4 is 18.3 Å². The van der Waals surface area contributed by atoms with Crippen LogP contribution in [0.2, 0.25) is 0 Å². The molecule has 6 heteroatoms. The summed E-state index contributed by atoms with van der Waals surface area (Å²) in [6, 6.07) is 1.36. The Bertz CT molecular complexity index is 366. The van der Waals surface area contributed by atoms with E-state index in [1.807, 2.05) is 0 Å². The largest absolute Gasteiger partial charge is 0.431 e. The number of hydrogen-bond donors (Lipinski definition) is 1. The molecule has 1 aromatic rings. The van der Waals surface area contributed by atoms with E-state index in [0.717, 1.165) is 6.26 Å². The van der Waals surface area contributed by atoms with Crippen LogP contribution in [0, 0.1) is 0 Å². The maximum atomic E-state index is 10.7. The summed E-state index contributed by atoms with van der Waals surface area (Å²) in [6.07, 6.45) is 1.14. The number of azide groups is 1. The van der Waals surface area contributed by atoms with Crippen LogP contribution >= 0.6 is 12.6 Å². The summed E-state index contributed by atoms with van der Waals surface area (Å²) < 4.78 is 4.43. The van der Waals surface area contributed by atoms with E-state index in [-0.39, 0.29) is 10.6 Å². The van der Waals surface area contributed by atoms with Gasteiger partial charge in [0.25, 0.3) is 0 Å². The van der Waals surface area contributed by atoms with Gasteiger partial charge in [-0.3, -0.25) is 0 Å².